The fourth-order valence-electron chi connectivity index (χ4n) is 3.32. The zero-order chi connectivity index (χ0) is 21.5. The molecule has 1 saturated heterocycles. The summed E-state index contributed by atoms with van der Waals surface area (Å²) >= 11 is 6.09. The summed E-state index contributed by atoms with van der Waals surface area (Å²) in [6.45, 7) is 3.13. The first-order valence-electron chi connectivity index (χ1n) is 9.84. The van der Waals surface area contributed by atoms with Crippen LogP contribution >= 0.6 is 11.6 Å². The number of hydrogen-bond donors (Lipinski definition) is 1. The van der Waals surface area contributed by atoms with Gasteiger partial charge in [-0.25, -0.2) is 0 Å². The molecule has 2 aromatic rings. The molecule has 1 N–H and O–H groups in total. The van der Waals surface area contributed by atoms with Crippen molar-refractivity contribution >= 4 is 35.2 Å². The maximum atomic E-state index is 12.8. The van der Waals surface area contributed by atoms with Crippen molar-refractivity contribution in [2.75, 3.05) is 32.1 Å². The minimum atomic E-state index is -0.382. The van der Waals surface area contributed by atoms with Crippen molar-refractivity contribution in [2.24, 2.45) is 0 Å². The molecule has 2 amide bonds. The van der Waals surface area contributed by atoms with E-state index in [4.69, 9.17) is 21.1 Å². The molecule has 0 saturated carbocycles. The first-order valence-corrected chi connectivity index (χ1v) is 10.2. The van der Waals surface area contributed by atoms with Gasteiger partial charge in [-0.3, -0.25) is 9.59 Å². The Kier molecular flexibility index (Phi) is 7.36. The van der Waals surface area contributed by atoms with Crippen LogP contribution in [0.3, 0.4) is 0 Å². The lowest BCUT2D eigenvalue weighted by Crippen LogP contribution is -2.29. The molecule has 0 aromatic heterocycles. The first kappa shape index (κ1) is 21.7. The Balaban J connectivity index is 1.69. The number of hydrogen-bond acceptors (Lipinski definition) is 4. The summed E-state index contributed by atoms with van der Waals surface area (Å²) in [6.07, 6.45) is 5.83. The fourth-order valence-corrected chi connectivity index (χ4v) is 3.49. The molecule has 0 spiro atoms. The number of allylic oxidation sites excluding steroid dienone is 1. The van der Waals surface area contributed by atoms with E-state index in [1.807, 2.05) is 31.2 Å². The predicted octanol–water partition coefficient (Wildman–Crippen LogP) is 4.64. The summed E-state index contributed by atoms with van der Waals surface area (Å²) in [4.78, 5) is 27.1. The van der Waals surface area contributed by atoms with E-state index in [9.17, 15) is 9.59 Å². The number of likely N-dealkylation sites (tertiary alicyclic amines) is 1. The van der Waals surface area contributed by atoms with Crippen molar-refractivity contribution in [3.63, 3.8) is 0 Å². The van der Waals surface area contributed by atoms with Crippen molar-refractivity contribution in [2.45, 2.75) is 19.8 Å². The zero-order valence-electron chi connectivity index (χ0n) is 17.1. The predicted molar refractivity (Wildman–Crippen MR) is 118 cm³/mol. The van der Waals surface area contributed by atoms with Gasteiger partial charge < -0.3 is 19.7 Å². The maximum Gasteiger partial charge on any atom is 0.262 e. The molecule has 7 heteroatoms. The van der Waals surface area contributed by atoms with Crippen LogP contribution in [0.25, 0.3) is 6.08 Å². The van der Waals surface area contributed by atoms with Crippen LogP contribution in [-0.2, 0) is 4.79 Å². The summed E-state index contributed by atoms with van der Waals surface area (Å²) in [5.41, 5.74) is 1.77. The van der Waals surface area contributed by atoms with Gasteiger partial charge in [0.15, 0.2) is 18.1 Å². The zero-order valence-corrected chi connectivity index (χ0v) is 17.9. The van der Waals surface area contributed by atoms with Gasteiger partial charge in [0.25, 0.3) is 11.8 Å². The Hall–Kier alpha value is -2.99. The summed E-state index contributed by atoms with van der Waals surface area (Å²) in [7, 11) is 1.55. The van der Waals surface area contributed by atoms with Crippen LogP contribution < -0.4 is 14.8 Å². The van der Waals surface area contributed by atoms with Gasteiger partial charge >= 0.3 is 0 Å². The summed E-state index contributed by atoms with van der Waals surface area (Å²) < 4.78 is 11.0. The highest BCUT2D eigenvalue weighted by Crippen LogP contribution is 2.29. The monoisotopic (exact) mass is 428 g/mol. The SMILES string of the molecule is CC=Cc1ccc(OCC(=O)Nc2ccc(Cl)cc2C(=O)N2CCCC2)c(OC)c1. The van der Waals surface area contributed by atoms with Crippen LogP contribution in [0.15, 0.2) is 42.5 Å². The number of amides is 2. The van der Waals surface area contributed by atoms with Crippen LogP contribution in [0.5, 0.6) is 11.5 Å². The number of nitrogens with one attached hydrogen (secondary N) is 1. The Morgan fingerprint density at radius 3 is 2.60 bits per heavy atom. The largest absolute Gasteiger partial charge is 0.493 e. The Bertz CT molecular complexity index is 952. The molecule has 1 fully saturated rings. The number of benzene rings is 2. The van der Waals surface area contributed by atoms with Crippen molar-refractivity contribution in [3.05, 3.63) is 58.6 Å². The van der Waals surface area contributed by atoms with Crippen molar-refractivity contribution in [1.29, 1.82) is 0 Å². The maximum absolute atomic E-state index is 12.8. The van der Waals surface area contributed by atoms with Gasteiger partial charge in [-0.05, 0) is 55.7 Å². The molecule has 6 nitrogen and oxygen atoms in total. The van der Waals surface area contributed by atoms with E-state index in [1.165, 1.54) is 0 Å². The summed E-state index contributed by atoms with van der Waals surface area (Å²) in [5, 5.41) is 3.20. The van der Waals surface area contributed by atoms with Gasteiger partial charge in [-0.1, -0.05) is 29.8 Å². The third-order valence-electron chi connectivity index (χ3n) is 4.78. The van der Waals surface area contributed by atoms with E-state index in [1.54, 1.807) is 36.3 Å². The Morgan fingerprint density at radius 1 is 1.13 bits per heavy atom. The van der Waals surface area contributed by atoms with Gasteiger partial charge in [-0.2, -0.15) is 0 Å². The standard InChI is InChI=1S/C23H25ClN2O4/c1-3-6-16-7-10-20(21(13-16)29-2)30-15-22(27)25-19-9-8-17(24)14-18(19)23(28)26-11-4-5-12-26/h3,6-10,13-14H,4-5,11-12,15H2,1-2H3,(H,25,27). The fraction of sp³-hybridized carbons (Fsp3) is 0.304. The van der Waals surface area contributed by atoms with Gasteiger partial charge in [0, 0.05) is 18.1 Å². The molecular weight excluding hydrogens is 404 g/mol. The molecule has 3 rings (SSSR count). The molecule has 1 aliphatic rings. The lowest BCUT2D eigenvalue weighted by atomic mass is 10.1. The van der Waals surface area contributed by atoms with Gasteiger partial charge in [0.2, 0.25) is 0 Å². The number of ether oxygens (including phenoxy) is 2. The lowest BCUT2D eigenvalue weighted by molar-refractivity contribution is -0.118. The van der Waals surface area contributed by atoms with Crippen LogP contribution in [0.2, 0.25) is 5.02 Å². The first-order chi connectivity index (χ1) is 14.5. The number of halogens is 1. The summed E-state index contributed by atoms with van der Waals surface area (Å²) in [5.74, 6) is 0.486. The number of rotatable bonds is 7. The van der Waals surface area contributed by atoms with Gasteiger partial charge in [-0.15, -0.1) is 0 Å². The van der Waals surface area contributed by atoms with E-state index in [-0.39, 0.29) is 18.4 Å². The van der Waals surface area contributed by atoms with Gasteiger partial charge in [0.05, 0.1) is 18.4 Å². The minimum Gasteiger partial charge on any atom is -0.493 e. The minimum absolute atomic E-state index is 0.132. The van der Waals surface area contributed by atoms with E-state index < -0.39 is 0 Å². The third kappa shape index (κ3) is 5.33. The number of methoxy groups -OCH3 is 1. The second-order valence-electron chi connectivity index (χ2n) is 6.94. The highest BCUT2D eigenvalue weighted by atomic mass is 35.5. The van der Waals surface area contributed by atoms with Crippen LogP contribution in [0.4, 0.5) is 5.69 Å². The molecule has 0 atom stereocenters. The smallest absolute Gasteiger partial charge is 0.262 e. The van der Waals surface area contributed by atoms with E-state index in [0.717, 1.165) is 18.4 Å². The van der Waals surface area contributed by atoms with Crippen LogP contribution in [0, 0.1) is 0 Å². The second-order valence-corrected chi connectivity index (χ2v) is 7.37. The molecule has 2 aromatic carbocycles. The Morgan fingerprint density at radius 2 is 1.90 bits per heavy atom. The van der Waals surface area contributed by atoms with Crippen molar-refractivity contribution in [1.82, 2.24) is 4.90 Å². The molecular formula is C23H25ClN2O4. The number of nitrogens with zero attached hydrogens (tertiary/aromatic N) is 1. The lowest BCUT2D eigenvalue weighted by Gasteiger charge is -2.18. The molecule has 158 valence electrons. The highest BCUT2D eigenvalue weighted by Gasteiger charge is 2.23. The molecule has 0 radical (unpaired) electrons. The van der Waals surface area contributed by atoms with E-state index in [2.05, 4.69) is 5.32 Å². The average Bonchev–Trinajstić information content (AvgIpc) is 3.28. The molecule has 0 bridgehead atoms. The number of carbonyl (C=O) groups is 2. The highest BCUT2D eigenvalue weighted by molar-refractivity contribution is 6.31. The average molecular weight is 429 g/mol. The molecule has 1 heterocycles. The number of anilines is 1. The van der Waals surface area contributed by atoms with Crippen LogP contribution in [0.1, 0.15) is 35.7 Å². The van der Waals surface area contributed by atoms with Crippen LogP contribution in [-0.4, -0.2) is 43.5 Å². The van der Waals surface area contributed by atoms with E-state index in [0.29, 0.717) is 40.9 Å². The number of carbonyl (C=O) groups excluding carboxylic acids is 2. The molecule has 0 aliphatic carbocycles. The molecule has 30 heavy (non-hydrogen) atoms. The van der Waals surface area contributed by atoms with Crippen molar-refractivity contribution in [3.8, 4) is 11.5 Å². The normalized spacial score (nSPS) is 13.5. The Labute approximate surface area is 181 Å². The molecule has 0 unspecified atom stereocenters. The quantitative estimate of drug-likeness (QED) is 0.697. The van der Waals surface area contributed by atoms with E-state index >= 15 is 0 Å². The van der Waals surface area contributed by atoms with Gasteiger partial charge in [0.1, 0.15) is 0 Å². The summed E-state index contributed by atoms with van der Waals surface area (Å²) in [6, 6.07) is 10.3. The van der Waals surface area contributed by atoms with Crippen molar-refractivity contribution < 1.29 is 19.1 Å². The topological polar surface area (TPSA) is 67.9 Å². The second kappa shape index (κ2) is 10.2. The third-order valence-corrected chi connectivity index (χ3v) is 5.02. The molecule has 1 aliphatic heterocycles.